The number of ketones is 1. The number of ether oxygens (including phenoxy) is 2. The zero-order valence-electron chi connectivity index (χ0n) is 14.3. The van der Waals surface area contributed by atoms with Crippen LogP contribution in [-0.2, 0) is 19.1 Å². The van der Waals surface area contributed by atoms with E-state index in [-0.39, 0.29) is 17.7 Å². The molecule has 2 unspecified atom stereocenters. The number of nitrogens with zero attached hydrogens (tertiary/aromatic N) is 1. The molecule has 2 aliphatic rings. The number of Topliss-reactive ketones (excluding diaryl/α,β-unsaturated/α-hetero) is 1. The van der Waals surface area contributed by atoms with E-state index in [1.54, 1.807) is 4.90 Å². The highest BCUT2D eigenvalue weighted by Crippen LogP contribution is 2.23. The first-order valence-electron chi connectivity index (χ1n) is 8.47. The number of amides is 1. The molecule has 6 heteroatoms. The molecule has 0 bridgehead atoms. The molecule has 0 N–H and O–H groups in total. The van der Waals surface area contributed by atoms with Crippen LogP contribution in [-0.4, -0.2) is 47.5 Å². The first-order valence-corrected chi connectivity index (χ1v) is 8.47. The maximum atomic E-state index is 12.3. The predicted molar refractivity (Wildman–Crippen MR) is 83.9 cm³/mol. The van der Waals surface area contributed by atoms with E-state index in [0.717, 1.165) is 19.3 Å². The van der Waals surface area contributed by atoms with Gasteiger partial charge in [-0.15, -0.1) is 0 Å². The Hall–Kier alpha value is -1.59. The van der Waals surface area contributed by atoms with E-state index in [4.69, 9.17) is 9.47 Å². The monoisotopic (exact) mass is 325 g/mol. The Morgan fingerprint density at radius 1 is 1.13 bits per heavy atom. The first-order chi connectivity index (χ1) is 10.8. The molecule has 2 fully saturated rings. The molecule has 1 saturated carbocycles. The van der Waals surface area contributed by atoms with Crippen LogP contribution in [0.25, 0.3) is 0 Å². The number of rotatable bonds is 2. The summed E-state index contributed by atoms with van der Waals surface area (Å²) in [5.41, 5.74) is -0.556. The van der Waals surface area contributed by atoms with Gasteiger partial charge < -0.3 is 14.4 Å². The largest absolute Gasteiger partial charge is 0.454 e. The van der Waals surface area contributed by atoms with Gasteiger partial charge in [-0.05, 0) is 52.9 Å². The maximum absolute atomic E-state index is 12.3. The minimum Gasteiger partial charge on any atom is -0.454 e. The molecule has 6 nitrogen and oxygen atoms in total. The van der Waals surface area contributed by atoms with Gasteiger partial charge in [0.25, 0.3) is 0 Å². The Labute approximate surface area is 137 Å². The summed E-state index contributed by atoms with van der Waals surface area (Å²) in [6, 6.07) is 0. The van der Waals surface area contributed by atoms with E-state index >= 15 is 0 Å². The summed E-state index contributed by atoms with van der Waals surface area (Å²) in [7, 11) is 0. The van der Waals surface area contributed by atoms with Crippen molar-refractivity contribution >= 4 is 17.8 Å². The molecule has 1 aliphatic carbocycles. The summed E-state index contributed by atoms with van der Waals surface area (Å²) in [6.45, 7) is 6.33. The fraction of sp³-hybridized carbons (Fsp3) is 0.824. The summed E-state index contributed by atoms with van der Waals surface area (Å²) in [5, 5.41) is 0. The van der Waals surface area contributed by atoms with E-state index in [1.807, 2.05) is 20.8 Å². The maximum Gasteiger partial charge on any atom is 0.410 e. The van der Waals surface area contributed by atoms with E-state index < -0.39 is 17.8 Å². The number of hydrogen-bond acceptors (Lipinski definition) is 5. The fourth-order valence-corrected chi connectivity index (χ4v) is 2.97. The highest BCUT2D eigenvalue weighted by atomic mass is 16.6. The van der Waals surface area contributed by atoms with Gasteiger partial charge in [0.05, 0.1) is 5.92 Å². The number of carbonyl (C=O) groups is 3. The van der Waals surface area contributed by atoms with Crippen molar-refractivity contribution in [2.45, 2.75) is 71.0 Å². The number of likely N-dealkylation sites (tertiary alicyclic amines) is 1. The zero-order chi connectivity index (χ0) is 17.0. The lowest BCUT2D eigenvalue weighted by molar-refractivity contribution is -0.162. The molecular weight excluding hydrogens is 298 g/mol. The number of hydrogen-bond donors (Lipinski definition) is 0. The van der Waals surface area contributed by atoms with Crippen LogP contribution in [0.4, 0.5) is 4.79 Å². The van der Waals surface area contributed by atoms with Crippen molar-refractivity contribution in [3.05, 3.63) is 0 Å². The second-order valence-corrected chi connectivity index (χ2v) is 7.40. The summed E-state index contributed by atoms with van der Waals surface area (Å²) in [6.07, 6.45) is 3.33. The third-order valence-corrected chi connectivity index (χ3v) is 4.16. The molecule has 2 rings (SSSR count). The molecule has 0 radical (unpaired) electrons. The molecule has 2 atom stereocenters. The van der Waals surface area contributed by atoms with E-state index in [0.29, 0.717) is 32.4 Å². The van der Waals surface area contributed by atoms with E-state index in [2.05, 4.69) is 0 Å². The minimum atomic E-state index is -0.590. The van der Waals surface area contributed by atoms with Crippen molar-refractivity contribution in [1.82, 2.24) is 4.90 Å². The van der Waals surface area contributed by atoms with Crippen LogP contribution in [0.3, 0.4) is 0 Å². The molecule has 0 spiro atoms. The average molecular weight is 325 g/mol. The molecule has 130 valence electrons. The Kier molecular flexibility index (Phi) is 5.65. The van der Waals surface area contributed by atoms with Crippen molar-refractivity contribution in [2.75, 3.05) is 13.1 Å². The van der Waals surface area contributed by atoms with Crippen LogP contribution in [0.15, 0.2) is 0 Å². The molecule has 0 aromatic rings. The second kappa shape index (κ2) is 7.32. The molecule has 0 aromatic heterocycles. The highest BCUT2D eigenvalue weighted by molar-refractivity contribution is 5.86. The molecule has 1 amide bonds. The molecule has 1 aliphatic heterocycles. The molecule has 0 aromatic carbocycles. The third kappa shape index (κ3) is 5.22. The van der Waals surface area contributed by atoms with Crippen LogP contribution in [0.5, 0.6) is 0 Å². The third-order valence-electron chi connectivity index (χ3n) is 4.16. The Bertz CT molecular complexity index is 468. The first kappa shape index (κ1) is 17.8. The average Bonchev–Trinajstić information content (AvgIpc) is 2.48. The SMILES string of the molecule is CC(C)(C)OC(=O)N1CCCC(C(=O)OC2CCCCC2=O)C1. The van der Waals surface area contributed by atoms with Crippen molar-refractivity contribution in [1.29, 1.82) is 0 Å². The molecule has 1 heterocycles. The summed E-state index contributed by atoms with van der Waals surface area (Å²) >= 11 is 0. The molecule has 23 heavy (non-hydrogen) atoms. The van der Waals surface area contributed by atoms with Gasteiger partial charge in [0, 0.05) is 19.5 Å². The Morgan fingerprint density at radius 2 is 1.87 bits per heavy atom. The topological polar surface area (TPSA) is 72.9 Å². The van der Waals surface area contributed by atoms with E-state index in [1.165, 1.54) is 0 Å². The van der Waals surface area contributed by atoms with Gasteiger partial charge in [-0.2, -0.15) is 0 Å². The van der Waals surface area contributed by atoms with Crippen molar-refractivity contribution in [3.63, 3.8) is 0 Å². The highest BCUT2D eigenvalue weighted by Gasteiger charge is 2.34. The lowest BCUT2D eigenvalue weighted by Crippen LogP contribution is -2.45. The van der Waals surface area contributed by atoms with Crippen LogP contribution in [0, 0.1) is 5.92 Å². The summed E-state index contributed by atoms with van der Waals surface area (Å²) in [5.74, 6) is -0.714. The fourth-order valence-electron chi connectivity index (χ4n) is 2.97. The van der Waals surface area contributed by atoms with Gasteiger partial charge in [-0.3, -0.25) is 9.59 Å². The lowest BCUT2D eigenvalue weighted by Gasteiger charge is -2.33. The van der Waals surface area contributed by atoms with Crippen molar-refractivity contribution in [3.8, 4) is 0 Å². The minimum absolute atomic E-state index is 0.0180. The van der Waals surface area contributed by atoms with Crippen molar-refractivity contribution < 1.29 is 23.9 Å². The normalized spacial score (nSPS) is 25.9. The van der Waals surface area contributed by atoms with Gasteiger partial charge in [0.2, 0.25) is 0 Å². The Balaban J connectivity index is 1.88. The van der Waals surface area contributed by atoms with Crippen LogP contribution in [0.1, 0.15) is 59.3 Å². The second-order valence-electron chi connectivity index (χ2n) is 7.40. The lowest BCUT2D eigenvalue weighted by atomic mass is 9.95. The molecular formula is C17H27NO5. The van der Waals surface area contributed by atoms with Gasteiger partial charge in [0.1, 0.15) is 5.60 Å². The zero-order valence-corrected chi connectivity index (χ0v) is 14.3. The number of carbonyl (C=O) groups excluding carboxylic acids is 3. The van der Waals surface area contributed by atoms with Crippen LogP contribution in [0.2, 0.25) is 0 Å². The van der Waals surface area contributed by atoms with Gasteiger partial charge in [-0.1, -0.05) is 0 Å². The van der Waals surface area contributed by atoms with Crippen LogP contribution < -0.4 is 0 Å². The number of esters is 1. The van der Waals surface area contributed by atoms with Gasteiger partial charge >= 0.3 is 12.1 Å². The smallest absolute Gasteiger partial charge is 0.410 e. The van der Waals surface area contributed by atoms with E-state index in [9.17, 15) is 14.4 Å². The Morgan fingerprint density at radius 3 is 2.52 bits per heavy atom. The number of piperidine rings is 1. The summed E-state index contributed by atoms with van der Waals surface area (Å²) in [4.78, 5) is 37.8. The van der Waals surface area contributed by atoms with Gasteiger partial charge in [-0.25, -0.2) is 4.79 Å². The van der Waals surface area contributed by atoms with Crippen LogP contribution >= 0.6 is 0 Å². The molecule has 1 saturated heterocycles. The standard InChI is InChI=1S/C17H27NO5/c1-17(2,3)23-16(21)18-10-6-7-12(11-18)15(20)22-14-9-5-4-8-13(14)19/h12,14H,4-11H2,1-3H3. The predicted octanol–water partition coefficient (Wildman–Crippen LogP) is 2.69. The van der Waals surface area contributed by atoms with Crippen molar-refractivity contribution in [2.24, 2.45) is 5.92 Å². The van der Waals surface area contributed by atoms with Gasteiger partial charge in [0.15, 0.2) is 11.9 Å². The quantitative estimate of drug-likeness (QED) is 0.730. The summed E-state index contributed by atoms with van der Waals surface area (Å²) < 4.78 is 10.8.